The maximum atomic E-state index is 13.4. The molecule has 0 radical (unpaired) electrons. The Balaban J connectivity index is 1.51. The Labute approximate surface area is 162 Å². The molecule has 1 fully saturated rings. The van der Waals surface area contributed by atoms with Crippen LogP contribution in [0.3, 0.4) is 0 Å². The molecule has 0 unspecified atom stereocenters. The van der Waals surface area contributed by atoms with Crippen molar-refractivity contribution in [1.29, 1.82) is 0 Å². The number of amides is 1. The number of hydrogen-bond donors (Lipinski definition) is 0. The van der Waals surface area contributed by atoms with Crippen molar-refractivity contribution in [2.75, 3.05) is 11.6 Å². The molecule has 28 heavy (non-hydrogen) atoms. The molecule has 3 aromatic carbocycles. The fourth-order valence-corrected chi connectivity index (χ4v) is 3.47. The number of carbonyl (C=O) groups excluding carboxylic acids is 1. The lowest BCUT2D eigenvalue weighted by Crippen LogP contribution is -2.56. The van der Waals surface area contributed by atoms with Crippen LogP contribution in [-0.4, -0.2) is 12.6 Å². The molecular formula is C23H19F2NO2. The largest absolute Gasteiger partial charge is 0.489 e. The number of benzene rings is 3. The summed E-state index contributed by atoms with van der Waals surface area (Å²) in [7, 11) is 0. The number of anilines is 1. The molecule has 0 N–H and O–H groups in total. The van der Waals surface area contributed by atoms with Crippen LogP contribution < -0.4 is 9.64 Å². The number of hydrogen-bond acceptors (Lipinski definition) is 2. The van der Waals surface area contributed by atoms with Gasteiger partial charge in [-0.05, 0) is 47.5 Å². The molecule has 0 bridgehead atoms. The summed E-state index contributed by atoms with van der Waals surface area (Å²) in [5.41, 5.74) is 2.44. The number of β-lactam (4-membered cyclic amide) rings is 1. The van der Waals surface area contributed by atoms with Crippen LogP contribution >= 0.6 is 0 Å². The zero-order chi connectivity index (χ0) is 19.5. The van der Waals surface area contributed by atoms with Crippen molar-refractivity contribution >= 4 is 11.6 Å². The molecule has 1 heterocycles. The summed E-state index contributed by atoms with van der Waals surface area (Å²) in [4.78, 5) is 13.9. The van der Waals surface area contributed by atoms with Crippen molar-refractivity contribution in [3.63, 3.8) is 0 Å². The van der Waals surface area contributed by atoms with Gasteiger partial charge in [-0.1, -0.05) is 42.5 Å². The quantitative estimate of drug-likeness (QED) is 0.559. The number of ether oxygens (including phenoxy) is 1. The fourth-order valence-electron chi connectivity index (χ4n) is 3.47. The highest BCUT2D eigenvalue weighted by atomic mass is 19.1. The SMILES string of the molecule is O=C1[C@H](CF)[C@@H](c2ccc(OCc3ccccc3)cc2)N1c1ccc(F)cc1. The van der Waals surface area contributed by atoms with Gasteiger partial charge in [0.05, 0.1) is 12.0 Å². The average molecular weight is 379 g/mol. The van der Waals surface area contributed by atoms with Crippen LogP contribution in [0.2, 0.25) is 0 Å². The van der Waals surface area contributed by atoms with E-state index in [0.717, 1.165) is 11.1 Å². The molecular weight excluding hydrogens is 360 g/mol. The van der Waals surface area contributed by atoms with E-state index in [0.29, 0.717) is 18.0 Å². The third-order valence-corrected chi connectivity index (χ3v) is 4.95. The van der Waals surface area contributed by atoms with Crippen LogP contribution in [0.4, 0.5) is 14.5 Å². The van der Waals surface area contributed by atoms with Gasteiger partial charge in [-0.2, -0.15) is 0 Å². The first-order chi connectivity index (χ1) is 13.7. The van der Waals surface area contributed by atoms with Gasteiger partial charge in [0, 0.05) is 5.69 Å². The molecule has 1 aliphatic rings. The lowest BCUT2D eigenvalue weighted by molar-refractivity contribution is -0.131. The second-order valence-corrected chi connectivity index (χ2v) is 6.73. The molecule has 1 saturated heterocycles. The summed E-state index contributed by atoms with van der Waals surface area (Å²) in [6.45, 7) is -0.273. The first kappa shape index (κ1) is 18.2. The maximum absolute atomic E-state index is 13.4. The molecule has 1 aliphatic heterocycles. The number of nitrogens with zero attached hydrogens (tertiary/aromatic N) is 1. The van der Waals surface area contributed by atoms with Crippen LogP contribution in [0.1, 0.15) is 17.2 Å². The van der Waals surface area contributed by atoms with Gasteiger partial charge in [-0.15, -0.1) is 0 Å². The van der Waals surface area contributed by atoms with Crippen molar-refractivity contribution in [3.05, 3.63) is 95.8 Å². The maximum Gasteiger partial charge on any atom is 0.235 e. The summed E-state index contributed by atoms with van der Waals surface area (Å²) in [5, 5.41) is 0. The molecule has 142 valence electrons. The Hall–Kier alpha value is -3.21. The van der Waals surface area contributed by atoms with Crippen LogP contribution in [-0.2, 0) is 11.4 Å². The normalized spacial score (nSPS) is 18.6. The Kier molecular flexibility index (Phi) is 5.06. The average Bonchev–Trinajstić information content (AvgIpc) is 2.73. The van der Waals surface area contributed by atoms with Crippen LogP contribution in [0.25, 0.3) is 0 Å². The number of alkyl halides is 1. The van der Waals surface area contributed by atoms with Crippen LogP contribution in [0.5, 0.6) is 5.75 Å². The molecule has 0 saturated carbocycles. The molecule has 3 nitrogen and oxygen atoms in total. The van der Waals surface area contributed by atoms with Gasteiger partial charge in [0.15, 0.2) is 0 Å². The van der Waals surface area contributed by atoms with Crippen molar-refractivity contribution < 1.29 is 18.3 Å². The summed E-state index contributed by atoms with van der Waals surface area (Å²) in [6.07, 6.45) is 0. The predicted octanol–water partition coefficient (Wildman–Crippen LogP) is 5.08. The van der Waals surface area contributed by atoms with Gasteiger partial charge >= 0.3 is 0 Å². The van der Waals surface area contributed by atoms with E-state index in [1.165, 1.54) is 29.2 Å². The van der Waals surface area contributed by atoms with E-state index in [9.17, 15) is 13.6 Å². The van der Waals surface area contributed by atoms with E-state index in [4.69, 9.17) is 4.74 Å². The first-order valence-electron chi connectivity index (χ1n) is 9.08. The number of halogens is 2. The smallest absolute Gasteiger partial charge is 0.235 e. The van der Waals surface area contributed by atoms with E-state index in [1.54, 1.807) is 0 Å². The third-order valence-electron chi connectivity index (χ3n) is 4.95. The first-order valence-corrected chi connectivity index (χ1v) is 9.08. The minimum absolute atomic E-state index is 0.288. The molecule has 2 atom stereocenters. The molecule has 4 rings (SSSR count). The molecule has 0 spiro atoms. The molecule has 0 aliphatic carbocycles. The van der Waals surface area contributed by atoms with Crippen molar-refractivity contribution in [1.82, 2.24) is 0 Å². The van der Waals surface area contributed by atoms with Gasteiger partial charge in [-0.3, -0.25) is 9.18 Å². The summed E-state index contributed by atoms with van der Waals surface area (Å²) < 4.78 is 32.4. The molecule has 0 aromatic heterocycles. The highest BCUT2D eigenvalue weighted by molar-refractivity contribution is 6.03. The van der Waals surface area contributed by atoms with E-state index in [2.05, 4.69) is 0 Å². The van der Waals surface area contributed by atoms with E-state index in [-0.39, 0.29) is 11.7 Å². The van der Waals surface area contributed by atoms with E-state index < -0.39 is 18.6 Å². The predicted molar refractivity (Wildman–Crippen MR) is 103 cm³/mol. The van der Waals surface area contributed by atoms with Gasteiger partial charge < -0.3 is 9.64 Å². The Bertz CT molecular complexity index is 943. The number of carbonyl (C=O) groups is 1. The van der Waals surface area contributed by atoms with Crippen LogP contribution in [0.15, 0.2) is 78.9 Å². The van der Waals surface area contributed by atoms with Gasteiger partial charge in [0.1, 0.15) is 24.8 Å². The standard InChI is InChI=1S/C23H19F2NO2/c24-14-21-22(26(23(21)27)19-10-8-18(25)9-11-19)17-6-12-20(13-7-17)28-15-16-4-2-1-3-5-16/h1-13,21-22H,14-15H2/t21-,22-/m1/s1. The highest BCUT2D eigenvalue weighted by Gasteiger charge is 2.48. The monoisotopic (exact) mass is 379 g/mol. The Morgan fingerprint density at radius 2 is 1.57 bits per heavy atom. The van der Waals surface area contributed by atoms with Crippen molar-refractivity contribution in [2.24, 2.45) is 5.92 Å². The molecule has 1 amide bonds. The van der Waals surface area contributed by atoms with Crippen molar-refractivity contribution in [2.45, 2.75) is 12.6 Å². The topological polar surface area (TPSA) is 29.5 Å². The molecule has 3 aromatic rings. The Morgan fingerprint density at radius 3 is 2.21 bits per heavy atom. The summed E-state index contributed by atoms with van der Waals surface area (Å²) in [5.74, 6) is -0.691. The van der Waals surface area contributed by atoms with E-state index in [1.807, 2.05) is 54.6 Å². The second kappa shape index (κ2) is 7.80. The third kappa shape index (κ3) is 3.48. The second-order valence-electron chi connectivity index (χ2n) is 6.73. The lowest BCUT2D eigenvalue weighted by Gasteiger charge is -2.46. The van der Waals surface area contributed by atoms with Crippen LogP contribution in [0, 0.1) is 11.7 Å². The Morgan fingerprint density at radius 1 is 0.893 bits per heavy atom. The van der Waals surface area contributed by atoms with Gasteiger partial charge in [0.25, 0.3) is 0 Å². The fraction of sp³-hybridized carbons (Fsp3) is 0.174. The van der Waals surface area contributed by atoms with Crippen molar-refractivity contribution in [3.8, 4) is 5.75 Å². The highest BCUT2D eigenvalue weighted by Crippen LogP contribution is 2.43. The zero-order valence-electron chi connectivity index (χ0n) is 15.1. The zero-order valence-corrected chi connectivity index (χ0v) is 15.1. The minimum Gasteiger partial charge on any atom is -0.489 e. The van der Waals surface area contributed by atoms with E-state index >= 15 is 0 Å². The molecule has 5 heteroatoms. The minimum atomic E-state index is -0.729. The summed E-state index contributed by atoms with van der Waals surface area (Å²) >= 11 is 0. The number of rotatable bonds is 6. The van der Waals surface area contributed by atoms with Gasteiger partial charge in [0.2, 0.25) is 5.91 Å². The summed E-state index contributed by atoms with van der Waals surface area (Å²) in [6, 6.07) is 22.4. The lowest BCUT2D eigenvalue weighted by atomic mass is 9.82. The van der Waals surface area contributed by atoms with Gasteiger partial charge in [-0.25, -0.2) is 4.39 Å².